The molecular weight excluding hydrogens is 346 g/mol. The van der Waals surface area contributed by atoms with Gasteiger partial charge in [0.1, 0.15) is 0 Å². The summed E-state index contributed by atoms with van der Waals surface area (Å²) in [5.41, 5.74) is 6.07. The van der Waals surface area contributed by atoms with E-state index in [0.717, 1.165) is 12.8 Å². The van der Waals surface area contributed by atoms with Crippen molar-refractivity contribution in [3.8, 4) is 0 Å². The van der Waals surface area contributed by atoms with Crippen LogP contribution in [0.1, 0.15) is 128 Å². The molecule has 2 atom stereocenters. The van der Waals surface area contributed by atoms with Gasteiger partial charge in [0.2, 0.25) is 0 Å². The molecule has 0 heterocycles. The molecule has 2 saturated carbocycles. The zero-order valence-electron chi connectivity index (χ0n) is 18.4. The number of rotatable bonds is 3. The van der Waals surface area contributed by atoms with E-state index in [2.05, 4.69) is 0 Å². The summed E-state index contributed by atoms with van der Waals surface area (Å²) in [6.07, 6.45) is 25.6. The molecule has 0 amide bonds. The second-order valence-electron chi connectivity index (χ2n) is 10.2. The first-order chi connectivity index (χ1) is 13.6. The summed E-state index contributed by atoms with van der Waals surface area (Å²) in [5.74, 6) is 0.726. The Labute approximate surface area is 174 Å². The van der Waals surface area contributed by atoms with Crippen LogP contribution in [0.2, 0.25) is 0 Å². The lowest BCUT2D eigenvalue weighted by Gasteiger charge is -2.34. The molecule has 0 aromatic rings. The van der Waals surface area contributed by atoms with Crippen molar-refractivity contribution in [3.63, 3.8) is 0 Å². The van der Waals surface area contributed by atoms with Crippen LogP contribution in [0.5, 0.6) is 0 Å². The van der Waals surface area contributed by atoms with Crippen LogP contribution >= 0.6 is 0 Å². The van der Waals surface area contributed by atoms with E-state index in [1.165, 1.54) is 109 Å². The summed E-state index contributed by atoms with van der Waals surface area (Å²) in [5, 5.41) is 9.55. The highest BCUT2D eigenvalue weighted by Crippen LogP contribution is 2.45. The summed E-state index contributed by atoms with van der Waals surface area (Å²) in [4.78, 5) is 11.6. The molecule has 2 aliphatic rings. The van der Waals surface area contributed by atoms with E-state index in [9.17, 15) is 9.90 Å². The molecule has 3 heteroatoms. The van der Waals surface area contributed by atoms with Gasteiger partial charge in [-0.1, -0.05) is 109 Å². The van der Waals surface area contributed by atoms with Crippen LogP contribution < -0.4 is 5.73 Å². The van der Waals surface area contributed by atoms with Gasteiger partial charge in [-0.25, -0.2) is 0 Å². The van der Waals surface area contributed by atoms with E-state index in [0.29, 0.717) is 18.4 Å². The molecule has 0 radical (unpaired) electrons. The minimum Gasteiger partial charge on any atom is -0.481 e. The van der Waals surface area contributed by atoms with Crippen LogP contribution in [0.15, 0.2) is 0 Å². The number of carboxylic acid groups (broad SMARTS) is 1. The first kappa shape index (κ1) is 23.7. The monoisotopic (exact) mass is 393 g/mol. The summed E-state index contributed by atoms with van der Waals surface area (Å²) in [7, 11) is 0. The van der Waals surface area contributed by atoms with Gasteiger partial charge in [-0.2, -0.15) is 0 Å². The van der Waals surface area contributed by atoms with Crippen LogP contribution in [0, 0.1) is 17.3 Å². The molecule has 2 fully saturated rings. The third-order valence-electron chi connectivity index (χ3n) is 7.61. The topological polar surface area (TPSA) is 63.3 Å². The number of fused-ring (bicyclic) bond motifs is 3. The highest BCUT2D eigenvalue weighted by atomic mass is 16.4. The Morgan fingerprint density at radius 3 is 1.36 bits per heavy atom. The molecule has 0 saturated heterocycles. The molecule has 3 nitrogen and oxygen atoms in total. The Balaban J connectivity index is 1.96. The molecule has 0 spiro atoms. The molecule has 2 unspecified atom stereocenters. The van der Waals surface area contributed by atoms with E-state index in [4.69, 9.17) is 5.73 Å². The zero-order valence-corrected chi connectivity index (χ0v) is 18.4. The zero-order chi connectivity index (χ0) is 20.1. The van der Waals surface area contributed by atoms with Gasteiger partial charge >= 0.3 is 5.97 Å². The minimum atomic E-state index is -0.653. The van der Waals surface area contributed by atoms with Crippen molar-refractivity contribution in [2.75, 3.05) is 6.54 Å². The normalized spacial score (nSPS) is 32.6. The van der Waals surface area contributed by atoms with Crippen LogP contribution in [-0.4, -0.2) is 17.6 Å². The third kappa shape index (κ3) is 9.29. The van der Waals surface area contributed by atoms with E-state index < -0.39 is 5.97 Å². The molecule has 0 aromatic carbocycles. The van der Waals surface area contributed by atoms with Gasteiger partial charge in [0.05, 0.1) is 6.42 Å². The first-order valence-corrected chi connectivity index (χ1v) is 12.6. The second-order valence-corrected chi connectivity index (χ2v) is 10.2. The van der Waals surface area contributed by atoms with Gasteiger partial charge in [0.25, 0.3) is 0 Å². The van der Waals surface area contributed by atoms with Gasteiger partial charge in [-0.3, -0.25) is 4.79 Å². The summed E-state index contributed by atoms with van der Waals surface area (Å²) in [6.45, 7) is 0.548. The number of hydrogen-bond acceptors (Lipinski definition) is 2. The standard InChI is InChI=1S/C25H47NO2/c26-21-25(20-24(27)28)18-22-14-12-10-8-6-4-2-1-3-5-7-9-11-13-15-23(19-25)17-16-22/h22-23H,1-21,26H2,(H,27,28). The lowest BCUT2D eigenvalue weighted by Crippen LogP contribution is -2.35. The average Bonchev–Trinajstić information content (AvgIpc) is 2.83. The Hall–Kier alpha value is -0.570. The van der Waals surface area contributed by atoms with Crippen LogP contribution in [0.25, 0.3) is 0 Å². The largest absolute Gasteiger partial charge is 0.481 e. The molecule has 0 aliphatic heterocycles. The maximum atomic E-state index is 11.6. The number of carboxylic acids is 1. The molecule has 3 N–H and O–H groups in total. The molecule has 2 bridgehead atoms. The minimum absolute atomic E-state index is 0.154. The van der Waals surface area contributed by atoms with Gasteiger partial charge in [-0.05, 0) is 36.6 Å². The maximum Gasteiger partial charge on any atom is 0.303 e. The third-order valence-corrected chi connectivity index (χ3v) is 7.61. The number of carbonyl (C=O) groups is 1. The lowest BCUT2D eigenvalue weighted by molar-refractivity contribution is -0.140. The van der Waals surface area contributed by atoms with E-state index >= 15 is 0 Å². The predicted molar refractivity (Wildman–Crippen MR) is 118 cm³/mol. The van der Waals surface area contributed by atoms with Gasteiger partial charge in [0.15, 0.2) is 0 Å². The van der Waals surface area contributed by atoms with E-state index in [1.807, 2.05) is 0 Å². The predicted octanol–water partition coefficient (Wildman–Crippen LogP) is 7.08. The van der Waals surface area contributed by atoms with E-state index in [-0.39, 0.29) is 11.8 Å². The van der Waals surface area contributed by atoms with Crippen molar-refractivity contribution in [3.05, 3.63) is 0 Å². The quantitative estimate of drug-likeness (QED) is 0.538. The Morgan fingerprint density at radius 1 is 0.679 bits per heavy atom. The van der Waals surface area contributed by atoms with Crippen molar-refractivity contribution in [2.24, 2.45) is 23.0 Å². The molecule has 164 valence electrons. The number of hydrogen-bond donors (Lipinski definition) is 2. The Kier molecular flexibility index (Phi) is 11.5. The summed E-state index contributed by atoms with van der Waals surface area (Å²) in [6, 6.07) is 0. The van der Waals surface area contributed by atoms with Crippen molar-refractivity contribution in [1.29, 1.82) is 0 Å². The van der Waals surface area contributed by atoms with Crippen molar-refractivity contribution in [2.45, 2.75) is 128 Å². The van der Waals surface area contributed by atoms with Crippen LogP contribution in [0.3, 0.4) is 0 Å². The SMILES string of the molecule is NCC1(CC(=O)O)CC2CCCCCCCCCCCCCCCC(CC2)C1. The fourth-order valence-corrected chi connectivity index (χ4v) is 5.99. The number of aliphatic carboxylic acids is 1. The van der Waals surface area contributed by atoms with Crippen molar-refractivity contribution in [1.82, 2.24) is 0 Å². The summed E-state index contributed by atoms with van der Waals surface area (Å²) < 4.78 is 0. The van der Waals surface area contributed by atoms with Crippen LogP contribution in [-0.2, 0) is 4.79 Å². The first-order valence-electron chi connectivity index (χ1n) is 12.6. The average molecular weight is 394 g/mol. The fraction of sp³-hybridized carbons (Fsp3) is 0.960. The molecule has 2 aliphatic carbocycles. The highest BCUT2D eigenvalue weighted by Gasteiger charge is 2.38. The Morgan fingerprint density at radius 2 is 1.04 bits per heavy atom. The Bertz CT molecular complexity index is 397. The van der Waals surface area contributed by atoms with Crippen molar-refractivity contribution < 1.29 is 9.90 Å². The van der Waals surface area contributed by atoms with Gasteiger partial charge < -0.3 is 10.8 Å². The molecule has 0 aromatic heterocycles. The van der Waals surface area contributed by atoms with Crippen molar-refractivity contribution >= 4 is 5.97 Å². The van der Waals surface area contributed by atoms with Gasteiger partial charge in [-0.15, -0.1) is 0 Å². The smallest absolute Gasteiger partial charge is 0.303 e. The fourth-order valence-electron chi connectivity index (χ4n) is 5.99. The summed E-state index contributed by atoms with van der Waals surface area (Å²) >= 11 is 0. The van der Waals surface area contributed by atoms with Gasteiger partial charge in [0, 0.05) is 0 Å². The molecular formula is C25H47NO2. The second kappa shape index (κ2) is 13.6. The highest BCUT2D eigenvalue weighted by molar-refractivity contribution is 5.67. The number of nitrogens with two attached hydrogens (primary N) is 1. The molecule has 2 rings (SSSR count). The molecule has 28 heavy (non-hydrogen) atoms. The van der Waals surface area contributed by atoms with Crippen LogP contribution in [0.4, 0.5) is 0 Å². The van der Waals surface area contributed by atoms with E-state index in [1.54, 1.807) is 0 Å². The lowest BCUT2D eigenvalue weighted by atomic mass is 9.72. The maximum absolute atomic E-state index is 11.6.